The van der Waals surface area contributed by atoms with E-state index in [2.05, 4.69) is 9.97 Å². The van der Waals surface area contributed by atoms with Gasteiger partial charge < -0.3 is 9.72 Å². The molecule has 0 spiro atoms. The first-order chi connectivity index (χ1) is 10.8. The van der Waals surface area contributed by atoms with Crippen molar-refractivity contribution in [3.8, 4) is 17.1 Å². The smallest absolute Gasteiger partial charge is 0.259 e. The first kappa shape index (κ1) is 14.6. The summed E-state index contributed by atoms with van der Waals surface area (Å²) in [5, 5.41) is 0.590. The lowest BCUT2D eigenvalue weighted by Crippen LogP contribution is -2.09. The van der Waals surface area contributed by atoms with E-state index in [0.29, 0.717) is 29.2 Å². The van der Waals surface area contributed by atoms with Crippen LogP contribution in [0.5, 0.6) is 5.75 Å². The number of nitrogens with zero attached hydrogens (tertiary/aromatic N) is 1. The van der Waals surface area contributed by atoms with E-state index in [1.807, 2.05) is 42.5 Å². The average Bonchev–Trinajstić information content (AvgIpc) is 2.56. The molecule has 0 fully saturated rings. The summed E-state index contributed by atoms with van der Waals surface area (Å²) in [6.07, 6.45) is 0.808. The maximum atomic E-state index is 12.1. The molecule has 0 aliphatic rings. The van der Waals surface area contributed by atoms with E-state index in [-0.39, 0.29) is 5.56 Å². The van der Waals surface area contributed by atoms with Crippen molar-refractivity contribution in [2.24, 2.45) is 0 Å². The van der Waals surface area contributed by atoms with Gasteiger partial charge in [0.2, 0.25) is 0 Å². The minimum atomic E-state index is -0.136. The molecule has 112 valence electrons. The molecule has 3 aromatic rings. The van der Waals surface area contributed by atoms with Crippen LogP contribution in [-0.2, 0) is 0 Å². The second-order valence-electron chi connectivity index (χ2n) is 4.85. The van der Waals surface area contributed by atoms with Gasteiger partial charge in [-0.25, -0.2) is 4.98 Å². The summed E-state index contributed by atoms with van der Waals surface area (Å²) in [5.41, 5.74) is 1.39. The molecule has 0 bridgehead atoms. The van der Waals surface area contributed by atoms with Gasteiger partial charge in [-0.2, -0.15) is 0 Å². The molecule has 5 heteroatoms. The van der Waals surface area contributed by atoms with Crippen molar-refractivity contribution in [3.05, 3.63) is 58.9 Å². The van der Waals surface area contributed by atoms with Crippen LogP contribution < -0.4 is 10.3 Å². The zero-order valence-electron chi connectivity index (χ0n) is 11.9. The van der Waals surface area contributed by atoms with Gasteiger partial charge in [0, 0.05) is 11.4 Å². The van der Waals surface area contributed by atoms with Gasteiger partial charge in [-0.05, 0) is 42.8 Å². The van der Waals surface area contributed by atoms with Crippen LogP contribution in [0.4, 0.5) is 0 Å². The number of aromatic amines is 1. The predicted octanol–water partition coefficient (Wildman–Crippen LogP) is 3.60. The Hall–Kier alpha value is -2.33. The van der Waals surface area contributed by atoms with Gasteiger partial charge in [0.1, 0.15) is 11.6 Å². The van der Waals surface area contributed by atoms with Crippen molar-refractivity contribution < 1.29 is 4.74 Å². The van der Waals surface area contributed by atoms with Gasteiger partial charge >= 0.3 is 0 Å². The normalized spacial score (nSPS) is 10.8. The minimum Gasteiger partial charge on any atom is -0.494 e. The molecule has 0 unspecified atom stereocenters. The van der Waals surface area contributed by atoms with Gasteiger partial charge in [0.05, 0.1) is 17.5 Å². The topological polar surface area (TPSA) is 55.0 Å². The highest BCUT2D eigenvalue weighted by atomic mass is 35.5. The van der Waals surface area contributed by atoms with Gasteiger partial charge in [-0.15, -0.1) is 11.6 Å². The predicted molar refractivity (Wildman–Crippen MR) is 88.6 cm³/mol. The molecular weight excluding hydrogens is 300 g/mol. The number of alkyl halides is 1. The number of rotatable bonds is 5. The SMILES string of the molecule is O=c1[nH]c(-c2ccc(OCCCCl)cc2)nc2ccccc12. The van der Waals surface area contributed by atoms with Crippen molar-refractivity contribution in [1.82, 2.24) is 9.97 Å². The fourth-order valence-corrected chi connectivity index (χ4v) is 2.29. The third-order valence-electron chi connectivity index (χ3n) is 3.29. The van der Waals surface area contributed by atoms with Crippen molar-refractivity contribution in [1.29, 1.82) is 0 Å². The van der Waals surface area contributed by atoms with Crippen molar-refractivity contribution in [2.45, 2.75) is 6.42 Å². The highest BCUT2D eigenvalue weighted by molar-refractivity contribution is 6.17. The van der Waals surface area contributed by atoms with E-state index < -0.39 is 0 Å². The number of halogens is 1. The van der Waals surface area contributed by atoms with E-state index in [4.69, 9.17) is 16.3 Å². The Bertz CT molecular complexity index is 828. The molecule has 4 nitrogen and oxygen atoms in total. The Morgan fingerprint density at radius 3 is 2.64 bits per heavy atom. The lowest BCUT2D eigenvalue weighted by atomic mass is 10.2. The summed E-state index contributed by atoms with van der Waals surface area (Å²) >= 11 is 5.61. The lowest BCUT2D eigenvalue weighted by molar-refractivity contribution is 0.318. The number of hydrogen-bond donors (Lipinski definition) is 1. The van der Waals surface area contributed by atoms with Crippen LogP contribution in [0.25, 0.3) is 22.3 Å². The van der Waals surface area contributed by atoms with Crippen LogP contribution in [0, 0.1) is 0 Å². The third kappa shape index (κ3) is 3.12. The maximum absolute atomic E-state index is 12.1. The second kappa shape index (κ2) is 6.62. The zero-order valence-corrected chi connectivity index (χ0v) is 12.6. The Morgan fingerprint density at radius 2 is 1.86 bits per heavy atom. The number of para-hydroxylation sites is 1. The van der Waals surface area contributed by atoms with Crippen LogP contribution in [0.1, 0.15) is 6.42 Å². The Kier molecular flexibility index (Phi) is 4.39. The summed E-state index contributed by atoms with van der Waals surface area (Å²) in [5.74, 6) is 1.91. The quantitative estimate of drug-likeness (QED) is 0.578. The lowest BCUT2D eigenvalue weighted by Gasteiger charge is -2.06. The first-order valence-electron chi connectivity index (χ1n) is 7.06. The first-order valence-corrected chi connectivity index (χ1v) is 7.59. The van der Waals surface area contributed by atoms with Crippen molar-refractivity contribution in [3.63, 3.8) is 0 Å². The number of hydrogen-bond acceptors (Lipinski definition) is 3. The molecule has 0 saturated heterocycles. The van der Waals surface area contributed by atoms with Gasteiger partial charge in [-0.3, -0.25) is 4.79 Å². The molecule has 3 rings (SSSR count). The Labute approximate surface area is 132 Å². The fraction of sp³-hybridized carbons (Fsp3) is 0.176. The molecular formula is C17H15ClN2O2. The van der Waals surface area contributed by atoms with Gasteiger partial charge in [0.25, 0.3) is 5.56 Å². The summed E-state index contributed by atoms with van der Waals surface area (Å²) in [4.78, 5) is 19.4. The summed E-state index contributed by atoms with van der Waals surface area (Å²) in [6, 6.07) is 14.8. The van der Waals surface area contributed by atoms with Crippen molar-refractivity contribution >= 4 is 22.5 Å². The fourth-order valence-electron chi connectivity index (χ4n) is 2.18. The van der Waals surface area contributed by atoms with E-state index in [1.165, 1.54) is 0 Å². The standard InChI is InChI=1S/C17H15ClN2O2/c18-10-3-11-22-13-8-6-12(7-9-13)16-19-15-5-2-1-4-14(15)17(21)20-16/h1-2,4-9H,3,10-11H2,(H,19,20,21). The molecule has 0 atom stereocenters. The number of ether oxygens (including phenoxy) is 1. The van der Waals surface area contributed by atoms with E-state index in [1.54, 1.807) is 6.07 Å². The van der Waals surface area contributed by atoms with Crippen LogP contribution in [0.15, 0.2) is 53.3 Å². The molecule has 2 aromatic carbocycles. The number of nitrogens with one attached hydrogen (secondary N) is 1. The molecule has 0 amide bonds. The Balaban J connectivity index is 1.89. The maximum Gasteiger partial charge on any atom is 0.259 e. The molecule has 0 aliphatic carbocycles. The summed E-state index contributed by atoms with van der Waals surface area (Å²) in [6.45, 7) is 0.591. The average molecular weight is 315 g/mol. The molecule has 1 heterocycles. The summed E-state index contributed by atoms with van der Waals surface area (Å²) < 4.78 is 5.55. The van der Waals surface area contributed by atoms with Crippen LogP contribution in [0.2, 0.25) is 0 Å². The molecule has 0 radical (unpaired) electrons. The number of H-pyrrole nitrogens is 1. The zero-order chi connectivity index (χ0) is 15.4. The Morgan fingerprint density at radius 1 is 1.09 bits per heavy atom. The highest BCUT2D eigenvalue weighted by Gasteiger charge is 2.05. The van der Waals surface area contributed by atoms with Crippen LogP contribution >= 0.6 is 11.6 Å². The van der Waals surface area contributed by atoms with Crippen LogP contribution in [-0.4, -0.2) is 22.5 Å². The molecule has 0 aliphatic heterocycles. The summed E-state index contributed by atoms with van der Waals surface area (Å²) in [7, 11) is 0. The highest BCUT2D eigenvalue weighted by Crippen LogP contribution is 2.20. The molecule has 1 N–H and O–H groups in total. The monoisotopic (exact) mass is 314 g/mol. The van der Waals surface area contributed by atoms with Gasteiger partial charge in [0.15, 0.2) is 0 Å². The van der Waals surface area contributed by atoms with Crippen molar-refractivity contribution in [2.75, 3.05) is 12.5 Å². The van der Waals surface area contributed by atoms with E-state index >= 15 is 0 Å². The third-order valence-corrected chi connectivity index (χ3v) is 3.55. The van der Waals surface area contributed by atoms with E-state index in [0.717, 1.165) is 17.7 Å². The molecule has 0 saturated carbocycles. The largest absolute Gasteiger partial charge is 0.494 e. The number of aromatic nitrogens is 2. The molecule has 22 heavy (non-hydrogen) atoms. The van der Waals surface area contributed by atoms with Crippen LogP contribution in [0.3, 0.4) is 0 Å². The molecule has 1 aromatic heterocycles. The van der Waals surface area contributed by atoms with E-state index in [9.17, 15) is 4.79 Å². The second-order valence-corrected chi connectivity index (χ2v) is 5.23. The van der Waals surface area contributed by atoms with Gasteiger partial charge in [-0.1, -0.05) is 12.1 Å². The number of fused-ring (bicyclic) bond motifs is 1. The minimum absolute atomic E-state index is 0.136. The number of benzene rings is 2.